The number of aliphatic hydroxyl groups is 1. The summed E-state index contributed by atoms with van der Waals surface area (Å²) in [5, 5.41) is 14.6. The van der Waals surface area contributed by atoms with Gasteiger partial charge in [-0.15, -0.1) is 0 Å². The lowest BCUT2D eigenvalue weighted by Gasteiger charge is -2.41. The molecule has 3 aliphatic rings. The highest BCUT2D eigenvalue weighted by Gasteiger charge is 2.64. The molecule has 3 heterocycles. The van der Waals surface area contributed by atoms with Gasteiger partial charge in [0.15, 0.2) is 0 Å². The number of alkyl carbamates (subject to hydrolysis) is 1. The molecule has 45 heavy (non-hydrogen) atoms. The zero-order valence-corrected chi connectivity index (χ0v) is 28.5. The first-order valence-corrected chi connectivity index (χ1v) is 16.4. The number of allylic oxidation sites excluding steroid dienone is 3. The normalized spacial score (nSPS) is 34.1. The Hall–Kier alpha value is -2.57. The molecule has 0 unspecified atom stereocenters. The van der Waals surface area contributed by atoms with E-state index in [1.807, 2.05) is 58.1 Å². The Morgan fingerprint density at radius 2 is 2.00 bits per heavy atom. The highest BCUT2D eigenvalue weighted by molar-refractivity contribution is 7.80. The number of rotatable bonds is 6. The summed E-state index contributed by atoms with van der Waals surface area (Å²) in [5.41, 5.74) is 0.755. The SMILES string of the molecule is C/C1=C\C=C\[C@@H](C)[C@@]2(O)C[C@H](OC(=O)N2)[C@@H](C)[C@@H]2O[C@@]2(C)[C@@H](OC(=O)COCCCS)CC(=O)N(C)c2cc(cc(C)c2Cl)C1. The second-order valence-electron chi connectivity index (χ2n) is 12.7. The Balaban J connectivity index is 1.71. The second-order valence-corrected chi connectivity index (χ2v) is 13.5. The Morgan fingerprint density at radius 1 is 1.27 bits per heavy atom. The molecule has 0 spiro atoms. The van der Waals surface area contributed by atoms with Crippen molar-refractivity contribution >= 4 is 47.9 Å². The molecule has 0 radical (unpaired) electrons. The van der Waals surface area contributed by atoms with E-state index in [0.29, 0.717) is 35.9 Å². The average molecular weight is 665 g/mol. The monoisotopic (exact) mass is 664 g/mol. The molecule has 1 aromatic rings. The van der Waals surface area contributed by atoms with Gasteiger partial charge in [-0.25, -0.2) is 9.59 Å². The Bertz CT molecular complexity index is 1350. The van der Waals surface area contributed by atoms with Crippen LogP contribution in [0, 0.1) is 18.8 Å². The summed E-state index contributed by atoms with van der Waals surface area (Å²) in [7, 11) is 1.65. The lowest BCUT2D eigenvalue weighted by Crippen LogP contribution is -2.60. The number of benzene rings is 1. The Morgan fingerprint density at radius 3 is 2.71 bits per heavy atom. The number of thiol groups is 1. The summed E-state index contributed by atoms with van der Waals surface area (Å²) in [6.45, 7) is 9.41. The zero-order valence-electron chi connectivity index (χ0n) is 26.8. The van der Waals surface area contributed by atoms with Crippen LogP contribution in [0.4, 0.5) is 10.5 Å². The van der Waals surface area contributed by atoms with Gasteiger partial charge in [-0.3, -0.25) is 10.1 Å². The van der Waals surface area contributed by atoms with Gasteiger partial charge >= 0.3 is 12.1 Å². The number of aryl methyl sites for hydroxylation is 1. The largest absolute Gasteiger partial charge is 0.457 e. The predicted molar refractivity (Wildman–Crippen MR) is 175 cm³/mol. The van der Waals surface area contributed by atoms with E-state index in [2.05, 4.69) is 17.9 Å². The van der Waals surface area contributed by atoms with E-state index in [4.69, 9.17) is 30.5 Å². The number of ether oxygens (including phenoxy) is 4. The fourth-order valence-corrected chi connectivity index (χ4v) is 6.43. The van der Waals surface area contributed by atoms with Crippen LogP contribution in [0.1, 0.15) is 58.1 Å². The lowest BCUT2D eigenvalue weighted by molar-refractivity contribution is -0.159. The number of fused-ring (bicyclic) bond motifs is 5. The van der Waals surface area contributed by atoms with Crippen LogP contribution in [-0.2, 0) is 35.0 Å². The number of carbonyl (C=O) groups is 3. The quantitative estimate of drug-likeness (QED) is 0.169. The van der Waals surface area contributed by atoms with Crippen LogP contribution in [0.25, 0.3) is 0 Å². The van der Waals surface area contributed by atoms with Crippen LogP contribution in [0.3, 0.4) is 0 Å². The summed E-state index contributed by atoms with van der Waals surface area (Å²) in [4.78, 5) is 40.8. The van der Waals surface area contributed by atoms with Gasteiger partial charge in [0.1, 0.15) is 30.1 Å². The van der Waals surface area contributed by atoms with E-state index >= 15 is 0 Å². The molecule has 2 saturated heterocycles. The average Bonchev–Trinajstić information content (AvgIpc) is 3.67. The summed E-state index contributed by atoms with van der Waals surface area (Å²) in [6.07, 6.45) is 3.93. The number of hydrogen-bond donors (Lipinski definition) is 3. The third kappa shape index (κ3) is 8.24. The van der Waals surface area contributed by atoms with Crippen molar-refractivity contribution in [3.8, 4) is 0 Å². The topological polar surface area (TPSA) is 127 Å². The van der Waals surface area contributed by atoms with Gasteiger partial charge < -0.3 is 29.0 Å². The molecular formula is C33H45ClN2O8S. The van der Waals surface area contributed by atoms with Crippen molar-refractivity contribution in [1.82, 2.24) is 5.32 Å². The van der Waals surface area contributed by atoms with Gasteiger partial charge in [-0.1, -0.05) is 55.3 Å². The summed E-state index contributed by atoms with van der Waals surface area (Å²) >= 11 is 10.9. The summed E-state index contributed by atoms with van der Waals surface area (Å²) in [6, 6.07) is 3.88. The number of amides is 2. The van der Waals surface area contributed by atoms with Crippen molar-refractivity contribution in [1.29, 1.82) is 0 Å². The van der Waals surface area contributed by atoms with Gasteiger partial charge in [0, 0.05) is 31.9 Å². The number of epoxide rings is 1. The highest BCUT2D eigenvalue weighted by atomic mass is 35.5. The van der Waals surface area contributed by atoms with Crippen LogP contribution in [-0.4, -0.2) is 78.7 Å². The third-order valence-corrected chi connectivity index (χ3v) is 9.84. The Labute approximate surface area is 275 Å². The standard InChI is InChI=1S/C33H45ClN2O8S/c1-19-9-7-10-21(3)33(40)17-25(42-31(39)35-33)22(4)30-32(5,44-30)26(43-28(38)18-41-11-8-12-45)16-27(37)36(6)24-15-23(13-19)14-20(2)29(24)34/h7,9-10,14-15,21-22,25-26,30,40,45H,8,11-13,16-18H2,1-6H3,(H,35,39)/b10-7+,19-9+/t21-,22-,25+,26+,30+,32+,33+/m1/s1. The molecule has 0 aliphatic carbocycles. The van der Waals surface area contributed by atoms with Gasteiger partial charge in [-0.05, 0) is 56.6 Å². The van der Waals surface area contributed by atoms with Gasteiger partial charge in [0.2, 0.25) is 5.91 Å². The van der Waals surface area contributed by atoms with Gasteiger partial charge in [-0.2, -0.15) is 12.6 Å². The summed E-state index contributed by atoms with van der Waals surface area (Å²) < 4.78 is 23.1. The maximum Gasteiger partial charge on any atom is 0.409 e. The van der Waals surface area contributed by atoms with E-state index in [0.717, 1.165) is 16.7 Å². The lowest BCUT2D eigenvalue weighted by atomic mass is 9.82. The molecule has 4 rings (SSSR count). The predicted octanol–water partition coefficient (Wildman–Crippen LogP) is 4.93. The van der Waals surface area contributed by atoms with E-state index in [9.17, 15) is 19.5 Å². The van der Waals surface area contributed by atoms with E-state index in [1.165, 1.54) is 4.90 Å². The molecule has 4 bridgehead atoms. The minimum absolute atomic E-state index is 0.110. The maximum absolute atomic E-state index is 13.8. The molecular weight excluding hydrogens is 620 g/mol. The highest BCUT2D eigenvalue weighted by Crippen LogP contribution is 2.49. The van der Waals surface area contributed by atoms with Crippen LogP contribution in [0.5, 0.6) is 0 Å². The van der Waals surface area contributed by atoms with E-state index in [1.54, 1.807) is 14.0 Å². The molecule has 1 aromatic carbocycles. The number of esters is 1. The van der Waals surface area contributed by atoms with Crippen LogP contribution < -0.4 is 10.2 Å². The first-order chi connectivity index (χ1) is 21.2. The maximum atomic E-state index is 13.8. The van der Waals surface area contributed by atoms with Crippen molar-refractivity contribution in [2.24, 2.45) is 11.8 Å². The van der Waals surface area contributed by atoms with Crippen molar-refractivity contribution in [3.05, 3.63) is 52.1 Å². The van der Waals surface area contributed by atoms with Crippen molar-refractivity contribution < 1.29 is 38.4 Å². The number of nitrogens with one attached hydrogen (secondary N) is 1. The van der Waals surface area contributed by atoms with Crippen molar-refractivity contribution in [2.75, 3.05) is 30.9 Å². The number of carbonyl (C=O) groups excluding carboxylic acids is 3. The molecule has 2 fully saturated rings. The number of nitrogens with zero attached hydrogens (tertiary/aromatic N) is 1. The first-order valence-electron chi connectivity index (χ1n) is 15.3. The van der Waals surface area contributed by atoms with Gasteiger partial charge in [0.05, 0.1) is 23.2 Å². The van der Waals surface area contributed by atoms with E-state index in [-0.39, 0.29) is 25.4 Å². The molecule has 10 nitrogen and oxygen atoms in total. The van der Waals surface area contributed by atoms with Crippen LogP contribution in [0.15, 0.2) is 35.9 Å². The molecule has 2 N–H and O–H groups in total. The van der Waals surface area contributed by atoms with Crippen LogP contribution in [0.2, 0.25) is 5.02 Å². The molecule has 12 heteroatoms. The Kier molecular flexibility index (Phi) is 11.3. The fraction of sp³-hybridized carbons (Fsp3) is 0.606. The number of hydrogen-bond acceptors (Lipinski definition) is 9. The molecule has 3 aliphatic heterocycles. The molecule has 248 valence electrons. The molecule has 2 amide bonds. The number of halogens is 1. The van der Waals surface area contributed by atoms with Crippen molar-refractivity contribution in [2.45, 2.75) is 89.9 Å². The first kappa shape index (κ1) is 35.3. The number of anilines is 1. The van der Waals surface area contributed by atoms with Crippen molar-refractivity contribution in [3.63, 3.8) is 0 Å². The minimum Gasteiger partial charge on any atom is -0.457 e. The van der Waals surface area contributed by atoms with Gasteiger partial charge in [0.25, 0.3) is 0 Å². The third-order valence-electron chi connectivity index (χ3n) is 9.03. The molecule has 7 atom stereocenters. The zero-order chi connectivity index (χ0) is 33.1. The molecule has 0 aromatic heterocycles. The fourth-order valence-electron chi connectivity index (χ4n) is 6.06. The van der Waals surface area contributed by atoms with Crippen LogP contribution >= 0.6 is 24.2 Å². The molecule has 0 saturated carbocycles. The minimum atomic E-state index is -1.56. The second kappa shape index (κ2) is 14.5. The summed E-state index contributed by atoms with van der Waals surface area (Å²) in [5.74, 6) is -1.17. The smallest absolute Gasteiger partial charge is 0.409 e. The van der Waals surface area contributed by atoms with E-state index < -0.39 is 53.5 Å².